The number of hydrogen-bond acceptors (Lipinski definition) is 4. The summed E-state index contributed by atoms with van der Waals surface area (Å²) >= 11 is 0. The molecular formula is C8H8N2O3S. The number of oxazole rings is 1. The molecule has 0 amide bonds. The van der Waals surface area contributed by atoms with Crippen molar-refractivity contribution in [1.29, 1.82) is 0 Å². The molecule has 0 aliphatic carbocycles. The second-order valence-corrected chi connectivity index (χ2v) is 4.39. The lowest BCUT2D eigenvalue weighted by Crippen LogP contribution is -2.12. The Hall–Kier alpha value is -1.40. The molecule has 0 radical (unpaired) electrons. The lowest BCUT2D eigenvalue weighted by molar-refractivity contribution is 0.459. The Morgan fingerprint density at radius 3 is 2.71 bits per heavy atom. The van der Waals surface area contributed by atoms with Crippen molar-refractivity contribution in [1.82, 2.24) is 4.98 Å². The van der Waals surface area contributed by atoms with Crippen molar-refractivity contribution in [3.05, 3.63) is 23.8 Å². The standard InChI is InChI=1S/C8H8N2O3S/c1-5-3-2-4-6-7(5)10-8(13-6)14(9,11)12/h2-4H,1H3,(H2,9,11,12). The molecule has 74 valence electrons. The first-order chi connectivity index (χ1) is 6.48. The van der Waals surface area contributed by atoms with Crippen LogP contribution < -0.4 is 5.14 Å². The zero-order chi connectivity index (χ0) is 10.3. The lowest BCUT2D eigenvalue weighted by atomic mass is 10.2. The van der Waals surface area contributed by atoms with Gasteiger partial charge in [-0.15, -0.1) is 0 Å². The molecule has 2 aromatic rings. The molecule has 0 atom stereocenters. The van der Waals surface area contributed by atoms with Crippen molar-refractivity contribution in [3.63, 3.8) is 0 Å². The Morgan fingerprint density at radius 1 is 1.43 bits per heavy atom. The molecule has 0 saturated carbocycles. The van der Waals surface area contributed by atoms with Gasteiger partial charge in [-0.1, -0.05) is 12.1 Å². The molecule has 14 heavy (non-hydrogen) atoms. The summed E-state index contributed by atoms with van der Waals surface area (Å²) in [6.07, 6.45) is 0. The van der Waals surface area contributed by atoms with Gasteiger partial charge in [0.25, 0.3) is 10.0 Å². The molecule has 0 unspecified atom stereocenters. The van der Waals surface area contributed by atoms with Gasteiger partial charge in [0.05, 0.1) is 0 Å². The van der Waals surface area contributed by atoms with E-state index in [2.05, 4.69) is 4.98 Å². The van der Waals surface area contributed by atoms with Crippen molar-refractivity contribution in [2.24, 2.45) is 5.14 Å². The predicted molar refractivity (Wildman–Crippen MR) is 50.1 cm³/mol. The zero-order valence-electron chi connectivity index (χ0n) is 7.39. The van der Waals surface area contributed by atoms with Crippen molar-refractivity contribution < 1.29 is 12.8 Å². The smallest absolute Gasteiger partial charge is 0.331 e. The molecular weight excluding hydrogens is 204 g/mol. The molecule has 1 aromatic carbocycles. The average Bonchev–Trinajstić information content (AvgIpc) is 2.48. The first-order valence-corrected chi connectivity index (χ1v) is 5.42. The number of fused-ring (bicyclic) bond motifs is 1. The topological polar surface area (TPSA) is 86.2 Å². The monoisotopic (exact) mass is 212 g/mol. The number of benzene rings is 1. The highest BCUT2D eigenvalue weighted by atomic mass is 32.2. The maximum Gasteiger partial charge on any atom is 0.331 e. The van der Waals surface area contributed by atoms with Crippen LogP contribution in [0.5, 0.6) is 0 Å². The number of primary sulfonamides is 1. The highest BCUT2D eigenvalue weighted by Gasteiger charge is 2.17. The van der Waals surface area contributed by atoms with E-state index in [1.165, 1.54) is 0 Å². The normalized spacial score (nSPS) is 12.1. The van der Waals surface area contributed by atoms with E-state index in [-0.39, 0.29) is 0 Å². The third-order valence-corrected chi connectivity index (χ3v) is 2.51. The Labute approximate surface area is 80.6 Å². The number of hydrogen-bond donors (Lipinski definition) is 1. The van der Waals surface area contributed by atoms with Crippen molar-refractivity contribution in [2.75, 3.05) is 0 Å². The zero-order valence-corrected chi connectivity index (χ0v) is 8.21. The van der Waals surface area contributed by atoms with Gasteiger partial charge in [-0.25, -0.2) is 13.6 Å². The van der Waals surface area contributed by atoms with Crippen LogP contribution in [0.15, 0.2) is 27.8 Å². The van der Waals surface area contributed by atoms with Gasteiger partial charge in [0.2, 0.25) is 0 Å². The van der Waals surface area contributed by atoms with Gasteiger partial charge in [-0.2, -0.15) is 4.98 Å². The Kier molecular flexibility index (Phi) is 1.83. The van der Waals surface area contributed by atoms with Crippen molar-refractivity contribution in [2.45, 2.75) is 12.1 Å². The van der Waals surface area contributed by atoms with Crippen LogP contribution in [-0.2, 0) is 10.0 Å². The molecule has 6 heteroatoms. The van der Waals surface area contributed by atoms with Gasteiger partial charge < -0.3 is 4.42 Å². The van der Waals surface area contributed by atoms with Gasteiger partial charge in [0, 0.05) is 0 Å². The van der Waals surface area contributed by atoms with Crippen LogP contribution in [-0.4, -0.2) is 13.4 Å². The fourth-order valence-corrected chi connectivity index (χ4v) is 1.61. The van der Waals surface area contributed by atoms with Crippen LogP contribution in [0.3, 0.4) is 0 Å². The average molecular weight is 212 g/mol. The molecule has 1 aromatic heterocycles. The van der Waals surface area contributed by atoms with Crippen molar-refractivity contribution >= 4 is 21.1 Å². The predicted octanol–water partition coefficient (Wildman–Crippen LogP) is 0.784. The van der Waals surface area contributed by atoms with E-state index in [9.17, 15) is 8.42 Å². The molecule has 0 saturated heterocycles. The van der Waals surface area contributed by atoms with E-state index in [0.29, 0.717) is 11.1 Å². The minimum absolute atomic E-state index is 0.425. The molecule has 2 N–H and O–H groups in total. The van der Waals surface area contributed by atoms with E-state index in [4.69, 9.17) is 9.56 Å². The maximum absolute atomic E-state index is 10.9. The van der Waals surface area contributed by atoms with E-state index in [1.54, 1.807) is 12.1 Å². The summed E-state index contributed by atoms with van der Waals surface area (Å²) in [5, 5.41) is 4.44. The number of rotatable bonds is 1. The largest absolute Gasteiger partial charge is 0.427 e. The number of nitrogens with two attached hydrogens (primary N) is 1. The molecule has 0 spiro atoms. The number of sulfonamides is 1. The van der Waals surface area contributed by atoms with Crippen LogP contribution in [0.1, 0.15) is 5.56 Å². The van der Waals surface area contributed by atoms with Crippen LogP contribution in [0, 0.1) is 6.92 Å². The molecule has 0 aliphatic rings. The molecule has 0 bridgehead atoms. The quantitative estimate of drug-likeness (QED) is 0.756. The summed E-state index contributed by atoms with van der Waals surface area (Å²) in [4.78, 5) is 3.80. The Bertz CT molecular complexity index is 586. The van der Waals surface area contributed by atoms with Gasteiger partial charge >= 0.3 is 5.22 Å². The highest BCUT2D eigenvalue weighted by molar-refractivity contribution is 7.88. The molecule has 0 aliphatic heterocycles. The number of aryl methyl sites for hydroxylation is 1. The number of aromatic nitrogens is 1. The second kappa shape index (κ2) is 2.79. The molecule has 0 fully saturated rings. The third kappa shape index (κ3) is 1.38. The van der Waals surface area contributed by atoms with E-state index in [0.717, 1.165) is 5.56 Å². The molecule has 2 rings (SSSR count). The highest BCUT2D eigenvalue weighted by Crippen LogP contribution is 2.20. The maximum atomic E-state index is 10.9. The molecule has 1 heterocycles. The molecule has 5 nitrogen and oxygen atoms in total. The Balaban J connectivity index is 2.81. The minimum atomic E-state index is -3.86. The van der Waals surface area contributed by atoms with Crippen LogP contribution in [0.2, 0.25) is 0 Å². The minimum Gasteiger partial charge on any atom is -0.427 e. The van der Waals surface area contributed by atoms with Gasteiger partial charge in [-0.3, -0.25) is 0 Å². The van der Waals surface area contributed by atoms with Crippen molar-refractivity contribution in [3.8, 4) is 0 Å². The first-order valence-electron chi connectivity index (χ1n) is 3.87. The van der Waals surface area contributed by atoms with E-state index < -0.39 is 15.2 Å². The van der Waals surface area contributed by atoms with Gasteiger partial charge in [0.15, 0.2) is 5.58 Å². The summed E-state index contributed by atoms with van der Waals surface area (Å²) in [7, 11) is -3.86. The summed E-state index contributed by atoms with van der Waals surface area (Å²) < 4.78 is 26.9. The van der Waals surface area contributed by atoms with Gasteiger partial charge in [0.1, 0.15) is 5.52 Å². The van der Waals surface area contributed by atoms with E-state index >= 15 is 0 Å². The Morgan fingerprint density at radius 2 is 2.14 bits per heavy atom. The third-order valence-electron chi connectivity index (χ3n) is 1.84. The van der Waals surface area contributed by atoms with Crippen LogP contribution >= 0.6 is 0 Å². The number of para-hydroxylation sites is 1. The van der Waals surface area contributed by atoms with Crippen LogP contribution in [0.25, 0.3) is 11.1 Å². The van der Waals surface area contributed by atoms with Crippen LogP contribution in [0.4, 0.5) is 0 Å². The number of nitrogens with zero attached hydrogens (tertiary/aromatic N) is 1. The fraction of sp³-hybridized carbons (Fsp3) is 0.125. The fourth-order valence-electron chi connectivity index (χ4n) is 1.19. The second-order valence-electron chi connectivity index (χ2n) is 2.95. The lowest BCUT2D eigenvalue weighted by Gasteiger charge is -1.88. The summed E-state index contributed by atoms with van der Waals surface area (Å²) in [5.74, 6) is 0. The summed E-state index contributed by atoms with van der Waals surface area (Å²) in [6.45, 7) is 1.82. The van der Waals surface area contributed by atoms with E-state index in [1.807, 2.05) is 13.0 Å². The first kappa shape index (κ1) is 9.17. The summed E-state index contributed by atoms with van der Waals surface area (Å²) in [6, 6.07) is 5.22. The SMILES string of the molecule is Cc1cccc2oc(S(N)(=O)=O)nc12. The summed E-state index contributed by atoms with van der Waals surface area (Å²) in [5.41, 5.74) is 1.80. The van der Waals surface area contributed by atoms with Gasteiger partial charge in [-0.05, 0) is 18.6 Å².